The van der Waals surface area contributed by atoms with E-state index in [-0.39, 0.29) is 5.78 Å². The summed E-state index contributed by atoms with van der Waals surface area (Å²) in [6, 6.07) is 7.04. The molecule has 0 atom stereocenters. The zero-order valence-electron chi connectivity index (χ0n) is 10.1. The van der Waals surface area contributed by atoms with Gasteiger partial charge in [0.25, 0.3) is 0 Å². The Labute approximate surface area is 100 Å². The van der Waals surface area contributed by atoms with Crippen LogP contribution in [0.1, 0.15) is 27.2 Å². The van der Waals surface area contributed by atoms with Gasteiger partial charge in [-0.2, -0.15) is 0 Å². The molecule has 88 valence electrons. The number of furan rings is 1. The third-order valence-electron chi connectivity index (χ3n) is 2.81. The highest BCUT2D eigenvalue weighted by molar-refractivity contribution is 6.09. The molecule has 0 aliphatic heterocycles. The van der Waals surface area contributed by atoms with Gasteiger partial charge in [-0.1, -0.05) is 0 Å². The Kier molecular flexibility index (Phi) is 3.00. The maximum absolute atomic E-state index is 12.2. The Balaban J connectivity index is 2.51. The average molecular weight is 230 g/mol. The molecule has 2 rings (SSSR count). The summed E-state index contributed by atoms with van der Waals surface area (Å²) in [5.41, 5.74) is 2.68. The normalized spacial score (nSPS) is 10.3. The summed E-state index contributed by atoms with van der Waals surface area (Å²) < 4.78 is 10.4. The molecule has 0 fully saturated rings. The zero-order valence-corrected chi connectivity index (χ0v) is 10.1. The van der Waals surface area contributed by atoms with Crippen molar-refractivity contribution in [1.29, 1.82) is 0 Å². The van der Waals surface area contributed by atoms with Gasteiger partial charge < -0.3 is 9.15 Å². The van der Waals surface area contributed by atoms with E-state index in [1.807, 2.05) is 26.0 Å². The van der Waals surface area contributed by atoms with Gasteiger partial charge in [-0.3, -0.25) is 4.79 Å². The highest BCUT2D eigenvalue weighted by Crippen LogP contribution is 2.25. The molecule has 1 heterocycles. The lowest BCUT2D eigenvalue weighted by Crippen LogP contribution is -2.04. The fourth-order valence-corrected chi connectivity index (χ4v) is 1.68. The summed E-state index contributed by atoms with van der Waals surface area (Å²) in [4.78, 5) is 12.2. The molecule has 1 aromatic carbocycles. The summed E-state index contributed by atoms with van der Waals surface area (Å²) in [5.74, 6) is 0.746. The number of hydrogen-bond acceptors (Lipinski definition) is 3. The molecule has 17 heavy (non-hydrogen) atoms. The van der Waals surface area contributed by atoms with Gasteiger partial charge in [0.15, 0.2) is 5.76 Å². The lowest BCUT2D eigenvalue weighted by atomic mass is 10.0. The van der Waals surface area contributed by atoms with Crippen molar-refractivity contribution in [2.45, 2.75) is 13.8 Å². The molecule has 2 aromatic rings. The molecule has 0 saturated heterocycles. The van der Waals surface area contributed by atoms with E-state index in [0.717, 1.165) is 11.1 Å². The van der Waals surface area contributed by atoms with Crippen LogP contribution >= 0.6 is 0 Å². The van der Waals surface area contributed by atoms with Crippen LogP contribution in [-0.4, -0.2) is 12.9 Å². The molecule has 0 aliphatic rings. The zero-order chi connectivity index (χ0) is 12.4. The maximum Gasteiger partial charge on any atom is 0.231 e. The van der Waals surface area contributed by atoms with Crippen molar-refractivity contribution >= 4 is 5.78 Å². The number of hydrogen-bond donors (Lipinski definition) is 0. The Morgan fingerprint density at radius 1 is 1.24 bits per heavy atom. The van der Waals surface area contributed by atoms with Gasteiger partial charge in [0.05, 0.1) is 18.9 Å². The third-order valence-corrected chi connectivity index (χ3v) is 2.81. The van der Waals surface area contributed by atoms with Crippen LogP contribution in [0.5, 0.6) is 5.75 Å². The van der Waals surface area contributed by atoms with Gasteiger partial charge in [-0.05, 0) is 49.2 Å². The van der Waals surface area contributed by atoms with E-state index < -0.39 is 0 Å². The van der Waals surface area contributed by atoms with Gasteiger partial charge in [0, 0.05) is 0 Å². The number of carbonyl (C=O) groups is 1. The lowest BCUT2D eigenvalue weighted by Gasteiger charge is -2.09. The average Bonchev–Trinajstić information content (AvgIpc) is 2.84. The quantitative estimate of drug-likeness (QED) is 0.760. The van der Waals surface area contributed by atoms with Crippen LogP contribution in [0.15, 0.2) is 34.9 Å². The predicted octanol–water partition coefficient (Wildman–Crippen LogP) is 3.14. The minimum Gasteiger partial charge on any atom is -0.496 e. The van der Waals surface area contributed by atoms with E-state index in [0.29, 0.717) is 17.1 Å². The van der Waals surface area contributed by atoms with Crippen LogP contribution in [-0.2, 0) is 0 Å². The number of methoxy groups -OCH3 is 1. The number of ether oxygens (including phenoxy) is 1. The fraction of sp³-hybridized carbons (Fsp3) is 0.214. The van der Waals surface area contributed by atoms with E-state index in [9.17, 15) is 4.79 Å². The van der Waals surface area contributed by atoms with Crippen molar-refractivity contribution in [3.8, 4) is 5.75 Å². The van der Waals surface area contributed by atoms with Gasteiger partial charge in [0.2, 0.25) is 5.78 Å². The van der Waals surface area contributed by atoms with Crippen LogP contribution in [0.2, 0.25) is 0 Å². The monoisotopic (exact) mass is 230 g/mol. The minimum absolute atomic E-state index is 0.157. The van der Waals surface area contributed by atoms with E-state index in [2.05, 4.69) is 0 Å². The first-order chi connectivity index (χ1) is 8.13. The van der Waals surface area contributed by atoms with E-state index in [4.69, 9.17) is 9.15 Å². The molecule has 0 aliphatic carbocycles. The number of rotatable bonds is 3. The molecule has 0 saturated carbocycles. The topological polar surface area (TPSA) is 39.4 Å². The van der Waals surface area contributed by atoms with Crippen molar-refractivity contribution in [3.05, 3.63) is 53.0 Å². The summed E-state index contributed by atoms with van der Waals surface area (Å²) in [6.07, 6.45) is 1.49. The molecule has 0 unspecified atom stereocenters. The number of ketones is 1. The Morgan fingerprint density at radius 3 is 2.53 bits per heavy atom. The summed E-state index contributed by atoms with van der Waals surface area (Å²) in [7, 11) is 1.56. The first kappa shape index (κ1) is 11.5. The van der Waals surface area contributed by atoms with Crippen molar-refractivity contribution in [3.63, 3.8) is 0 Å². The molecule has 0 amide bonds. The third kappa shape index (κ3) is 2.09. The van der Waals surface area contributed by atoms with Crippen LogP contribution < -0.4 is 4.74 Å². The number of benzene rings is 1. The fourth-order valence-electron chi connectivity index (χ4n) is 1.68. The molecule has 0 spiro atoms. The van der Waals surface area contributed by atoms with Crippen LogP contribution in [0.4, 0.5) is 0 Å². The minimum atomic E-state index is -0.157. The molecule has 0 bridgehead atoms. The Morgan fingerprint density at radius 2 is 1.94 bits per heavy atom. The van der Waals surface area contributed by atoms with Gasteiger partial charge in [0.1, 0.15) is 5.75 Å². The van der Waals surface area contributed by atoms with E-state index >= 15 is 0 Å². The highest BCUT2D eigenvalue weighted by atomic mass is 16.5. The Hall–Kier alpha value is -2.03. The van der Waals surface area contributed by atoms with Crippen molar-refractivity contribution < 1.29 is 13.9 Å². The van der Waals surface area contributed by atoms with Crippen molar-refractivity contribution in [2.75, 3.05) is 7.11 Å². The number of aryl methyl sites for hydroxylation is 2. The second kappa shape index (κ2) is 4.45. The maximum atomic E-state index is 12.2. The molecule has 0 N–H and O–H groups in total. The second-order valence-corrected chi connectivity index (χ2v) is 3.94. The molecule has 3 nitrogen and oxygen atoms in total. The lowest BCUT2D eigenvalue weighted by molar-refractivity contribution is 0.101. The van der Waals surface area contributed by atoms with Crippen LogP contribution in [0.25, 0.3) is 0 Å². The summed E-state index contributed by atoms with van der Waals surface area (Å²) >= 11 is 0. The van der Waals surface area contributed by atoms with Gasteiger partial charge in [-0.15, -0.1) is 0 Å². The SMILES string of the molecule is COc1cc(C)c(C)cc1C(=O)c1ccco1. The predicted molar refractivity (Wildman–Crippen MR) is 64.6 cm³/mol. The summed E-state index contributed by atoms with van der Waals surface area (Å²) in [5, 5.41) is 0. The highest BCUT2D eigenvalue weighted by Gasteiger charge is 2.17. The Bertz CT molecular complexity index is 539. The second-order valence-electron chi connectivity index (χ2n) is 3.94. The number of carbonyl (C=O) groups excluding carboxylic acids is 1. The molecule has 3 heteroatoms. The van der Waals surface area contributed by atoms with E-state index in [1.165, 1.54) is 6.26 Å². The molecular formula is C14H14O3. The standard InChI is InChI=1S/C14H14O3/c1-9-7-11(13(16-3)8-10(9)2)14(15)12-5-4-6-17-12/h4-8H,1-3H3. The summed E-state index contributed by atoms with van der Waals surface area (Å²) in [6.45, 7) is 3.95. The van der Waals surface area contributed by atoms with Gasteiger partial charge in [-0.25, -0.2) is 0 Å². The van der Waals surface area contributed by atoms with Crippen molar-refractivity contribution in [1.82, 2.24) is 0 Å². The molecule has 0 radical (unpaired) electrons. The van der Waals surface area contributed by atoms with Crippen molar-refractivity contribution in [2.24, 2.45) is 0 Å². The first-order valence-electron chi connectivity index (χ1n) is 5.37. The largest absolute Gasteiger partial charge is 0.496 e. The first-order valence-corrected chi connectivity index (χ1v) is 5.37. The smallest absolute Gasteiger partial charge is 0.231 e. The van der Waals surface area contributed by atoms with Gasteiger partial charge >= 0.3 is 0 Å². The molecular weight excluding hydrogens is 216 g/mol. The van der Waals surface area contributed by atoms with Crippen LogP contribution in [0, 0.1) is 13.8 Å². The molecule has 1 aromatic heterocycles. The van der Waals surface area contributed by atoms with E-state index in [1.54, 1.807) is 19.2 Å². The van der Waals surface area contributed by atoms with Crippen LogP contribution in [0.3, 0.4) is 0 Å².